The summed E-state index contributed by atoms with van der Waals surface area (Å²) in [6.45, 7) is 6.01. The fourth-order valence-corrected chi connectivity index (χ4v) is 2.43. The second-order valence-electron chi connectivity index (χ2n) is 5.12. The molecule has 0 amide bonds. The van der Waals surface area contributed by atoms with E-state index in [1.54, 1.807) is 6.07 Å². The van der Waals surface area contributed by atoms with Crippen LogP contribution < -0.4 is 10.5 Å². The minimum absolute atomic E-state index is 0.281. The lowest BCUT2D eigenvalue weighted by Gasteiger charge is -2.14. The molecular formula is C16H17ClFNO. The van der Waals surface area contributed by atoms with E-state index in [1.165, 1.54) is 12.1 Å². The highest BCUT2D eigenvalue weighted by Crippen LogP contribution is 2.34. The van der Waals surface area contributed by atoms with Crippen LogP contribution in [-0.2, 0) is 0 Å². The van der Waals surface area contributed by atoms with Gasteiger partial charge in [0.1, 0.15) is 17.3 Å². The van der Waals surface area contributed by atoms with E-state index in [2.05, 4.69) is 13.8 Å². The van der Waals surface area contributed by atoms with Crippen molar-refractivity contribution in [1.82, 2.24) is 0 Å². The normalized spacial score (nSPS) is 10.9. The first-order chi connectivity index (χ1) is 9.36. The Morgan fingerprint density at radius 2 is 1.85 bits per heavy atom. The predicted molar refractivity (Wildman–Crippen MR) is 81.2 cm³/mol. The molecule has 0 radical (unpaired) electrons. The van der Waals surface area contributed by atoms with Crippen LogP contribution in [0.1, 0.15) is 30.9 Å². The van der Waals surface area contributed by atoms with E-state index in [1.807, 2.05) is 19.1 Å². The van der Waals surface area contributed by atoms with Crippen molar-refractivity contribution >= 4 is 17.3 Å². The summed E-state index contributed by atoms with van der Waals surface area (Å²) in [4.78, 5) is 0. The van der Waals surface area contributed by atoms with Crippen molar-refractivity contribution in [3.63, 3.8) is 0 Å². The second kappa shape index (κ2) is 5.71. The summed E-state index contributed by atoms with van der Waals surface area (Å²) in [6.07, 6.45) is 0. The number of anilines is 1. The Balaban J connectivity index is 2.40. The number of hydrogen-bond donors (Lipinski definition) is 1. The molecule has 0 bridgehead atoms. The van der Waals surface area contributed by atoms with Gasteiger partial charge in [-0.25, -0.2) is 4.39 Å². The topological polar surface area (TPSA) is 35.2 Å². The molecular weight excluding hydrogens is 277 g/mol. The maximum absolute atomic E-state index is 13.3. The van der Waals surface area contributed by atoms with Gasteiger partial charge in [0.15, 0.2) is 0 Å². The minimum Gasteiger partial charge on any atom is -0.457 e. The summed E-state index contributed by atoms with van der Waals surface area (Å²) in [5.74, 6) is 0.893. The Morgan fingerprint density at radius 1 is 1.15 bits per heavy atom. The highest BCUT2D eigenvalue weighted by atomic mass is 35.5. The van der Waals surface area contributed by atoms with Crippen molar-refractivity contribution in [2.45, 2.75) is 26.7 Å². The second-order valence-corrected chi connectivity index (χ2v) is 5.52. The quantitative estimate of drug-likeness (QED) is 0.781. The van der Waals surface area contributed by atoms with Gasteiger partial charge in [-0.05, 0) is 42.2 Å². The number of nitrogens with two attached hydrogens (primary N) is 1. The molecule has 4 heteroatoms. The van der Waals surface area contributed by atoms with E-state index in [0.717, 1.165) is 11.1 Å². The van der Waals surface area contributed by atoms with Gasteiger partial charge in [-0.15, -0.1) is 0 Å². The summed E-state index contributed by atoms with van der Waals surface area (Å²) in [7, 11) is 0. The standard InChI is InChI=1S/C16H17ClFNO/c1-9(2)14-8-16(10(3)4-15(14)17)20-13-6-11(18)5-12(19)7-13/h4-9H,19H2,1-3H3. The van der Waals surface area contributed by atoms with Crippen LogP contribution in [0.4, 0.5) is 10.1 Å². The Kier molecular flexibility index (Phi) is 4.19. The fraction of sp³-hybridized carbons (Fsp3) is 0.250. The Morgan fingerprint density at radius 3 is 2.45 bits per heavy atom. The molecule has 0 aromatic heterocycles. The van der Waals surface area contributed by atoms with Gasteiger partial charge in [0.25, 0.3) is 0 Å². The molecule has 2 nitrogen and oxygen atoms in total. The molecule has 106 valence electrons. The smallest absolute Gasteiger partial charge is 0.132 e. The van der Waals surface area contributed by atoms with Crippen molar-refractivity contribution in [3.8, 4) is 11.5 Å². The number of ether oxygens (including phenoxy) is 1. The molecule has 2 aromatic carbocycles. The summed E-state index contributed by atoms with van der Waals surface area (Å²) in [6, 6.07) is 7.89. The Bertz CT molecular complexity index is 620. The first kappa shape index (κ1) is 14.7. The van der Waals surface area contributed by atoms with E-state index in [-0.39, 0.29) is 5.92 Å². The van der Waals surface area contributed by atoms with E-state index >= 15 is 0 Å². The molecule has 0 atom stereocenters. The maximum Gasteiger partial charge on any atom is 0.132 e. The summed E-state index contributed by atoms with van der Waals surface area (Å²) < 4.78 is 19.1. The minimum atomic E-state index is -0.421. The zero-order valence-electron chi connectivity index (χ0n) is 11.7. The number of aryl methyl sites for hydroxylation is 1. The molecule has 2 N–H and O–H groups in total. The maximum atomic E-state index is 13.3. The van der Waals surface area contributed by atoms with Crippen molar-refractivity contribution < 1.29 is 9.13 Å². The van der Waals surface area contributed by atoms with Gasteiger partial charge in [0, 0.05) is 22.8 Å². The lowest BCUT2D eigenvalue weighted by Crippen LogP contribution is -1.95. The third-order valence-electron chi connectivity index (χ3n) is 3.04. The van der Waals surface area contributed by atoms with E-state index in [9.17, 15) is 4.39 Å². The zero-order chi connectivity index (χ0) is 14.9. The van der Waals surface area contributed by atoms with Gasteiger partial charge in [-0.3, -0.25) is 0 Å². The van der Waals surface area contributed by atoms with Crippen molar-refractivity contribution in [3.05, 3.63) is 52.3 Å². The van der Waals surface area contributed by atoms with Crippen molar-refractivity contribution in [1.29, 1.82) is 0 Å². The lowest BCUT2D eigenvalue weighted by atomic mass is 10.0. The van der Waals surface area contributed by atoms with Gasteiger partial charge in [0.2, 0.25) is 0 Å². The van der Waals surface area contributed by atoms with Crippen LogP contribution in [0.25, 0.3) is 0 Å². The summed E-state index contributed by atoms with van der Waals surface area (Å²) in [5, 5.41) is 0.712. The van der Waals surface area contributed by atoms with Gasteiger partial charge < -0.3 is 10.5 Å². The molecule has 2 aromatic rings. The van der Waals surface area contributed by atoms with E-state index in [4.69, 9.17) is 22.1 Å². The molecule has 0 aliphatic rings. The molecule has 0 aliphatic carbocycles. The number of benzene rings is 2. The van der Waals surface area contributed by atoms with Gasteiger partial charge >= 0.3 is 0 Å². The van der Waals surface area contributed by atoms with Crippen LogP contribution in [-0.4, -0.2) is 0 Å². The van der Waals surface area contributed by atoms with Crippen molar-refractivity contribution in [2.24, 2.45) is 0 Å². The first-order valence-electron chi connectivity index (χ1n) is 6.41. The monoisotopic (exact) mass is 293 g/mol. The predicted octanol–water partition coefficient (Wildman–Crippen LogP) is 5.29. The number of hydrogen-bond acceptors (Lipinski definition) is 2. The number of nitrogen functional groups attached to an aromatic ring is 1. The Labute approximate surface area is 123 Å². The highest BCUT2D eigenvalue weighted by molar-refractivity contribution is 6.31. The average molecular weight is 294 g/mol. The van der Waals surface area contributed by atoms with Crippen LogP contribution in [0.5, 0.6) is 11.5 Å². The van der Waals surface area contributed by atoms with E-state index in [0.29, 0.717) is 22.2 Å². The average Bonchev–Trinajstić information content (AvgIpc) is 2.30. The Hall–Kier alpha value is -1.74. The molecule has 0 fully saturated rings. The van der Waals surface area contributed by atoms with Crippen LogP contribution in [0, 0.1) is 12.7 Å². The summed E-state index contributed by atoms with van der Waals surface area (Å²) >= 11 is 6.21. The summed E-state index contributed by atoms with van der Waals surface area (Å²) in [5.41, 5.74) is 7.83. The largest absolute Gasteiger partial charge is 0.457 e. The third kappa shape index (κ3) is 3.23. The fourth-order valence-electron chi connectivity index (χ4n) is 1.99. The van der Waals surface area contributed by atoms with Crippen LogP contribution >= 0.6 is 11.6 Å². The van der Waals surface area contributed by atoms with Crippen molar-refractivity contribution in [2.75, 3.05) is 5.73 Å². The van der Waals surface area contributed by atoms with Gasteiger partial charge in [-0.1, -0.05) is 25.4 Å². The first-order valence-corrected chi connectivity index (χ1v) is 6.78. The number of halogens is 2. The molecule has 0 heterocycles. The molecule has 20 heavy (non-hydrogen) atoms. The van der Waals surface area contributed by atoms with Crippen LogP contribution in [0.2, 0.25) is 5.02 Å². The van der Waals surface area contributed by atoms with Gasteiger partial charge in [0.05, 0.1) is 0 Å². The van der Waals surface area contributed by atoms with Crippen LogP contribution in [0.15, 0.2) is 30.3 Å². The number of rotatable bonds is 3. The van der Waals surface area contributed by atoms with Crippen LogP contribution in [0.3, 0.4) is 0 Å². The van der Waals surface area contributed by atoms with Gasteiger partial charge in [-0.2, -0.15) is 0 Å². The molecule has 0 saturated heterocycles. The lowest BCUT2D eigenvalue weighted by molar-refractivity contribution is 0.472. The van der Waals surface area contributed by atoms with E-state index < -0.39 is 5.82 Å². The third-order valence-corrected chi connectivity index (χ3v) is 3.37. The molecule has 0 unspecified atom stereocenters. The molecule has 2 rings (SSSR count). The molecule has 0 aliphatic heterocycles. The zero-order valence-corrected chi connectivity index (χ0v) is 12.5. The molecule has 0 spiro atoms. The highest BCUT2D eigenvalue weighted by Gasteiger charge is 2.11. The molecule has 0 saturated carbocycles. The SMILES string of the molecule is Cc1cc(Cl)c(C(C)C)cc1Oc1cc(N)cc(F)c1.